The molecule has 0 radical (unpaired) electrons. The van der Waals surface area contributed by atoms with Crippen LogP contribution < -0.4 is 4.90 Å². The molecule has 1 fully saturated rings. The van der Waals surface area contributed by atoms with Crippen molar-refractivity contribution in [1.29, 1.82) is 0 Å². The van der Waals surface area contributed by atoms with Crippen LogP contribution in [0.1, 0.15) is 18.9 Å². The molecule has 1 heterocycles. The number of carbonyl (C=O) groups is 2. The highest BCUT2D eigenvalue weighted by Gasteiger charge is 2.20. The smallest absolute Gasteiger partial charge is 0.224 e. The SMILES string of the molecule is CC(=O)N(CCC(=O)N1CCOCC1)c1ccc(Br)cc1C. The fraction of sp³-hybridized carbons (Fsp3) is 0.500. The van der Waals surface area contributed by atoms with E-state index in [-0.39, 0.29) is 11.8 Å². The molecule has 1 saturated heterocycles. The number of hydrogen-bond donors (Lipinski definition) is 0. The van der Waals surface area contributed by atoms with E-state index >= 15 is 0 Å². The van der Waals surface area contributed by atoms with Crippen molar-refractivity contribution in [3.63, 3.8) is 0 Å². The molecule has 2 rings (SSSR count). The van der Waals surface area contributed by atoms with Crippen LogP contribution in [0.4, 0.5) is 5.69 Å². The molecule has 120 valence electrons. The Labute approximate surface area is 139 Å². The molecule has 0 saturated carbocycles. The normalized spacial score (nSPS) is 14.8. The average Bonchev–Trinajstić information content (AvgIpc) is 2.49. The molecule has 0 aromatic heterocycles. The fourth-order valence-electron chi connectivity index (χ4n) is 2.55. The molecule has 1 aromatic rings. The Hall–Kier alpha value is -1.40. The monoisotopic (exact) mass is 368 g/mol. The molecule has 0 aliphatic carbocycles. The van der Waals surface area contributed by atoms with Crippen molar-refractivity contribution in [3.8, 4) is 0 Å². The van der Waals surface area contributed by atoms with Crippen molar-refractivity contribution in [2.24, 2.45) is 0 Å². The maximum atomic E-state index is 12.2. The molecular formula is C16H21BrN2O3. The number of morpholine rings is 1. The Balaban J connectivity index is 2.02. The topological polar surface area (TPSA) is 49.9 Å². The largest absolute Gasteiger partial charge is 0.378 e. The molecule has 2 amide bonds. The maximum absolute atomic E-state index is 12.2. The predicted octanol–water partition coefficient (Wildman–Crippen LogP) is 2.36. The zero-order valence-electron chi connectivity index (χ0n) is 13.0. The fourth-order valence-corrected chi connectivity index (χ4v) is 3.02. The number of nitrogens with zero attached hydrogens (tertiary/aromatic N) is 2. The van der Waals surface area contributed by atoms with Gasteiger partial charge in [-0.1, -0.05) is 15.9 Å². The van der Waals surface area contributed by atoms with E-state index in [4.69, 9.17) is 4.74 Å². The van der Waals surface area contributed by atoms with Gasteiger partial charge in [-0.15, -0.1) is 0 Å². The molecule has 0 unspecified atom stereocenters. The van der Waals surface area contributed by atoms with Gasteiger partial charge in [-0.05, 0) is 30.7 Å². The molecular weight excluding hydrogens is 348 g/mol. The molecule has 1 aliphatic rings. The summed E-state index contributed by atoms with van der Waals surface area (Å²) in [6.07, 6.45) is 0.328. The molecule has 6 heteroatoms. The van der Waals surface area contributed by atoms with Crippen LogP contribution in [0.25, 0.3) is 0 Å². The van der Waals surface area contributed by atoms with Crippen LogP contribution in [0.5, 0.6) is 0 Å². The summed E-state index contributed by atoms with van der Waals surface area (Å²) in [6.45, 7) is 6.34. The van der Waals surface area contributed by atoms with Gasteiger partial charge in [0, 0.05) is 43.1 Å². The van der Waals surface area contributed by atoms with E-state index in [1.807, 2.05) is 25.1 Å². The van der Waals surface area contributed by atoms with Crippen LogP contribution in [-0.4, -0.2) is 49.6 Å². The minimum Gasteiger partial charge on any atom is -0.378 e. The second kappa shape index (κ2) is 7.74. The van der Waals surface area contributed by atoms with E-state index < -0.39 is 0 Å². The van der Waals surface area contributed by atoms with Crippen LogP contribution in [0.15, 0.2) is 22.7 Å². The highest BCUT2D eigenvalue weighted by Crippen LogP contribution is 2.24. The summed E-state index contributed by atoms with van der Waals surface area (Å²) < 4.78 is 6.22. The summed E-state index contributed by atoms with van der Waals surface area (Å²) in [7, 11) is 0. The zero-order valence-corrected chi connectivity index (χ0v) is 14.6. The Kier molecular flexibility index (Phi) is 5.97. The van der Waals surface area contributed by atoms with Gasteiger partial charge in [-0.2, -0.15) is 0 Å². The Morgan fingerprint density at radius 1 is 1.32 bits per heavy atom. The van der Waals surface area contributed by atoms with E-state index in [1.54, 1.807) is 9.80 Å². The highest BCUT2D eigenvalue weighted by atomic mass is 79.9. The van der Waals surface area contributed by atoms with Gasteiger partial charge in [0.1, 0.15) is 0 Å². The van der Waals surface area contributed by atoms with Crippen molar-refractivity contribution in [1.82, 2.24) is 4.90 Å². The van der Waals surface area contributed by atoms with E-state index in [0.717, 1.165) is 15.7 Å². The molecule has 1 aromatic carbocycles. The summed E-state index contributed by atoms with van der Waals surface area (Å²) in [5.41, 5.74) is 1.86. The third-order valence-electron chi connectivity index (χ3n) is 3.74. The first-order valence-electron chi connectivity index (χ1n) is 7.39. The lowest BCUT2D eigenvalue weighted by Crippen LogP contribution is -2.42. The number of halogens is 1. The minimum atomic E-state index is -0.0554. The first kappa shape index (κ1) is 17.0. The summed E-state index contributed by atoms with van der Waals surface area (Å²) >= 11 is 3.42. The molecule has 5 nitrogen and oxygen atoms in total. The number of amides is 2. The van der Waals surface area contributed by atoms with E-state index in [1.165, 1.54) is 6.92 Å². The van der Waals surface area contributed by atoms with Crippen molar-refractivity contribution in [2.45, 2.75) is 20.3 Å². The lowest BCUT2D eigenvalue weighted by molar-refractivity contribution is -0.135. The summed E-state index contributed by atoms with van der Waals surface area (Å²) in [4.78, 5) is 27.6. The number of hydrogen-bond acceptors (Lipinski definition) is 3. The summed E-state index contributed by atoms with van der Waals surface area (Å²) in [5, 5.41) is 0. The summed E-state index contributed by atoms with van der Waals surface area (Å²) in [6, 6.07) is 5.77. The number of benzene rings is 1. The Morgan fingerprint density at radius 3 is 2.59 bits per heavy atom. The number of aryl methyl sites for hydroxylation is 1. The van der Waals surface area contributed by atoms with Crippen molar-refractivity contribution >= 4 is 33.4 Å². The Bertz CT molecular complexity index is 556. The van der Waals surface area contributed by atoms with Gasteiger partial charge < -0.3 is 14.5 Å². The van der Waals surface area contributed by atoms with Gasteiger partial charge in [0.2, 0.25) is 11.8 Å². The standard InChI is InChI=1S/C16H21BrN2O3/c1-12-11-14(17)3-4-15(12)19(13(2)20)6-5-16(21)18-7-9-22-10-8-18/h3-4,11H,5-10H2,1-2H3. The van der Waals surface area contributed by atoms with Crippen LogP contribution in [-0.2, 0) is 14.3 Å². The van der Waals surface area contributed by atoms with E-state index in [2.05, 4.69) is 15.9 Å². The van der Waals surface area contributed by atoms with Gasteiger partial charge >= 0.3 is 0 Å². The number of carbonyl (C=O) groups excluding carboxylic acids is 2. The van der Waals surface area contributed by atoms with Gasteiger partial charge in [0.05, 0.1) is 13.2 Å². The first-order valence-corrected chi connectivity index (χ1v) is 8.18. The average molecular weight is 369 g/mol. The predicted molar refractivity (Wildman–Crippen MR) is 88.9 cm³/mol. The van der Waals surface area contributed by atoms with Gasteiger partial charge in [-0.3, -0.25) is 9.59 Å². The number of ether oxygens (including phenoxy) is 1. The van der Waals surface area contributed by atoms with Crippen LogP contribution >= 0.6 is 15.9 Å². The number of rotatable bonds is 4. The van der Waals surface area contributed by atoms with Gasteiger partial charge in [0.25, 0.3) is 0 Å². The minimum absolute atomic E-state index is 0.0554. The van der Waals surface area contributed by atoms with Crippen molar-refractivity contribution < 1.29 is 14.3 Å². The van der Waals surface area contributed by atoms with Gasteiger partial charge in [-0.25, -0.2) is 0 Å². The molecule has 0 spiro atoms. The first-order chi connectivity index (χ1) is 10.5. The highest BCUT2D eigenvalue weighted by molar-refractivity contribution is 9.10. The second-order valence-electron chi connectivity index (χ2n) is 5.34. The molecule has 0 N–H and O–H groups in total. The molecule has 1 aliphatic heterocycles. The molecule has 0 atom stereocenters. The van der Waals surface area contributed by atoms with Crippen LogP contribution in [0.3, 0.4) is 0 Å². The molecule has 0 bridgehead atoms. The third-order valence-corrected chi connectivity index (χ3v) is 4.24. The van der Waals surface area contributed by atoms with Crippen molar-refractivity contribution in [2.75, 3.05) is 37.7 Å². The summed E-state index contributed by atoms with van der Waals surface area (Å²) in [5.74, 6) is 0.0181. The lowest BCUT2D eigenvalue weighted by Gasteiger charge is -2.28. The van der Waals surface area contributed by atoms with E-state index in [0.29, 0.717) is 39.3 Å². The van der Waals surface area contributed by atoms with Crippen LogP contribution in [0.2, 0.25) is 0 Å². The molecule has 22 heavy (non-hydrogen) atoms. The number of anilines is 1. The van der Waals surface area contributed by atoms with Gasteiger partial charge in [0.15, 0.2) is 0 Å². The second-order valence-corrected chi connectivity index (χ2v) is 6.26. The van der Waals surface area contributed by atoms with Crippen LogP contribution in [0, 0.1) is 6.92 Å². The third kappa shape index (κ3) is 4.30. The van der Waals surface area contributed by atoms with Crippen molar-refractivity contribution in [3.05, 3.63) is 28.2 Å². The zero-order chi connectivity index (χ0) is 16.1. The maximum Gasteiger partial charge on any atom is 0.224 e. The quantitative estimate of drug-likeness (QED) is 0.819. The van der Waals surface area contributed by atoms with E-state index in [9.17, 15) is 9.59 Å². The lowest BCUT2D eigenvalue weighted by atomic mass is 10.1. The Morgan fingerprint density at radius 2 is 2.00 bits per heavy atom.